The van der Waals surface area contributed by atoms with Crippen molar-refractivity contribution in [3.63, 3.8) is 0 Å². The molecule has 0 bridgehead atoms. The van der Waals surface area contributed by atoms with E-state index in [-0.39, 0.29) is 12.2 Å². The largest absolute Gasteiger partial charge is 0.497 e. The number of hydrogen-bond acceptors (Lipinski definition) is 4. The first-order valence-corrected chi connectivity index (χ1v) is 8.84. The van der Waals surface area contributed by atoms with E-state index in [2.05, 4.69) is 5.32 Å². The topological polar surface area (TPSA) is 67.9 Å². The number of allylic oxidation sites excluding steroid dienone is 1. The minimum absolute atomic E-state index is 0.183. The highest BCUT2D eigenvalue weighted by Crippen LogP contribution is 2.34. The lowest BCUT2D eigenvalue weighted by Crippen LogP contribution is -2.48. The Hall–Kier alpha value is -3.35. The van der Waals surface area contributed by atoms with Crippen molar-refractivity contribution in [2.75, 3.05) is 18.6 Å². The van der Waals surface area contributed by atoms with Crippen molar-refractivity contribution in [2.45, 2.75) is 19.9 Å². The maximum atomic E-state index is 13.7. The van der Waals surface area contributed by atoms with Gasteiger partial charge in [-0.1, -0.05) is 12.1 Å². The number of nitrogens with one attached hydrogen (secondary N) is 1. The second-order valence-corrected chi connectivity index (χ2v) is 6.19. The van der Waals surface area contributed by atoms with Crippen LogP contribution in [0.15, 0.2) is 59.8 Å². The number of nitrogens with zero attached hydrogens (tertiary/aromatic N) is 1. The van der Waals surface area contributed by atoms with Crippen molar-refractivity contribution in [3.8, 4) is 5.75 Å². The number of amides is 2. The summed E-state index contributed by atoms with van der Waals surface area (Å²) in [6.45, 7) is 3.55. The Balaban J connectivity index is 2.10. The molecule has 0 spiro atoms. The number of esters is 1. The predicted octanol–water partition coefficient (Wildman–Crippen LogP) is 3.94. The first-order valence-electron chi connectivity index (χ1n) is 8.84. The number of benzene rings is 2. The molecule has 1 N–H and O–H groups in total. The van der Waals surface area contributed by atoms with Crippen LogP contribution in [0.5, 0.6) is 5.75 Å². The summed E-state index contributed by atoms with van der Waals surface area (Å²) in [7, 11) is 1.55. The number of methoxy groups -OCH3 is 1. The quantitative estimate of drug-likeness (QED) is 0.793. The minimum atomic E-state index is -0.809. The van der Waals surface area contributed by atoms with E-state index in [0.29, 0.717) is 22.7 Å². The molecule has 2 aromatic rings. The van der Waals surface area contributed by atoms with E-state index < -0.39 is 23.9 Å². The molecule has 146 valence electrons. The van der Waals surface area contributed by atoms with Crippen molar-refractivity contribution in [1.82, 2.24) is 5.32 Å². The number of ether oxygens (including phenoxy) is 2. The van der Waals surface area contributed by atoms with Crippen molar-refractivity contribution in [1.29, 1.82) is 0 Å². The van der Waals surface area contributed by atoms with Gasteiger partial charge in [0.1, 0.15) is 11.6 Å². The highest BCUT2D eigenvalue weighted by molar-refractivity contribution is 6.03. The van der Waals surface area contributed by atoms with Gasteiger partial charge in [0.25, 0.3) is 0 Å². The molecule has 6 nitrogen and oxygen atoms in total. The van der Waals surface area contributed by atoms with Gasteiger partial charge in [-0.25, -0.2) is 14.0 Å². The van der Waals surface area contributed by atoms with Crippen molar-refractivity contribution in [2.24, 2.45) is 0 Å². The van der Waals surface area contributed by atoms with Crippen LogP contribution in [0.4, 0.5) is 14.9 Å². The second-order valence-electron chi connectivity index (χ2n) is 6.19. The molecule has 2 amide bonds. The van der Waals surface area contributed by atoms with Crippen molar-refractivity contribution in [3.05, 3.63) is 71.2 Å². The van der Waals surface area contributed by atoms with E-state index in [9.17, 15) is 14.0 Å². The summed E-state index contributed by atoms with van der Waals surface area (Å²) >= 11 is 0. The Morgan fingerprint density at radius 3 is 2.54 bits per heavy atom. The first kappa shape index (κ1) is 19.4. The molecule has 2 aromatic carbocycles. The number of halogens is 1. The van der Waals surface area contributed by atoms with Crippen LogP contribution in [-0.4, -0.2) is 25.7 Å². The van der Waals surface area contributed by atoms with Gasteiger partial charge in [0.2, 0.25) is 0 Å². The molecule has 1 atom stereocenters. The van der Waals surface area contributed by atoms with Gasteiger partial charge < -0.3 is 14.8 Å². The summed E-state index contributed by atoms with van der Waals surface area (Å²) in [6.07, 6.45) is 0. The molecule has 0 saturated heterocycles. The highest BCUT2D eigenvalue weighted by atomic mass is 19.1. The van der Waals surface area contributed by atoms with Gasteiger partial charge in [-0.05, 0) is 55.8 Å². The SMILES string of the molecule is CCOC(=O)C1=C(C)N(c2ccc(OC)cc2)C(=O)N[C@@H]1c1cccc(F)c1. The Bertz CT molecular complexity index is 924. The van der Waals surface area contributed by atoms with Gasteiger partial charge in [0.05, 0.1) is 31.0 Å². The van der Waals surface area contributed by atoms with Gasteiger partial charge in [0, 0.05) is 5.70 Å². The molecule has 0 aliphatic carbocycles. The normalized spacial score (nSPS) is 16.6. The van der Waals surface area contributed by atoms with Crippen LogP contribution in [0.25, 0.3) is 0 Å². The van der Waals surface area contributed by atoms with Gasteiger partial charge in [-0.3, -0.25) is 4.90 Å². The summed E-state index contributed by atoms with van der Waals surface area (Å²) in [6, 6.07) is 11.4. The summed E-state index contributed by atoms with van der Waals surface area (Å²) in [5.41, 5.74) is 1.70. The molecular weight excluding hydrogens is 363 g/mol. The number of rotatable bonds is 5. The first-order chi connectivity index (χ1) is 13.5. The van der Waals surface area contributed by atoms with E-state index in [4.69, 9.17) is 9.47 Å². The van der Waals surface area contributed by atoms with E-state index in [0.717, 1.165) is 0 Å². The summed E-state index contributed by atoms with van der Waals surface area (Å²) in [4.78, 5) is 26.9. The molecule has 0 radical (unpaired) electrons. The monoisotopic (exact) mass is 384 g/mol. The molecule has 1 heterocycles. The van der Waals surface area contributed by atoms with Crippen molar-refractivity contribution >= 4 is 17.7 Å². The van der Waals surface area contributed by atoms with Crippen LogP contribution < -0.4 is 15.0 Å². The fraction of sp³-hybridized carbons (Fsp3) is 0.238. The third kappa shape index (κ3) is 3.69. The predicted molar refractivity (Wildman–Crippen MR) is 102 cm³/mol. The zero-order chi connectivity index (χ0) is 20.3. The Morgan fingerprint density at radius 2 is 1.93 bits per heavy atom. The number of urea groups is 1. The van der Waals surface area contributed by atoms with Crippen LogP contribution in [0.3, 0.4) is 0 Å². The highest BCUT2D eigenvalue weighted by Gasteiger charge is 2.37. The fourth-order valence-electron chi connectivity index (χ4n) is 3.19. The molecule has 3 rings (SSSR count). The molecule has 7 heteroatoms. The maximum absolute atomic E-state index is 13.7. The van der Waals surface area contributed by atoms with E-state index in [1.165, 1.54) is 23.1 Å². The number of hydrogen-bond donors (Lipinski definition) is 1. The number of carbonyl (C=O) groups is 2. The van der Waals surface area contributed by atoms with Crippen LogP contribution in [0.1, 0.15) is 25.5 Å². The third-order valence-corrected chi connectivity index (χ3v) is 4.49. The molecule has 1 aliphatic heterocycles. The lowest BCUT2D eigenvalue weighted by molar-refractivity contribution is -0.139. The molecule has 0 fully saturated rings. The molecule has 1 aliphatic rings. The lowest BCUT2D eigenvalue weighted by Gasteiger charge is -2.35. The summed E-state index contributed by atoms with van der Waals surface area (Å²) in [5, 5.41) is 2.79. The average molecular weight is 384 g/mol. The van der Waals surface area contributed by atoms with Crippen LogP contribution in [0.2, 0.25) is 0 Å². The average Bonchev–Trinajstić information content (AvgIpc) is 2.68. The van der Waals surface area contributed by atoms with Gasteiger partial charge in [-0.2, -0.15) is 0 Å². The summed E-state index contributed by atoms with van der Waals surface area (Å²) in [5.74, 6) is -0.371. The van der Waals surface area contributed by atoms with E-state index in [1.807, 2.05) is 0 Å². The summed E-state index contributed by atoms with van der Waals surface area (Å²) < 4.78 is 24.1. The smallest absolute Gasteiger partial charge is 0.338 e. The Kier molecular flexibility index (Phi) is 5.63. The second kappa shape index (κ2) is 8.12. The van der Waals surface area contributed by atoms with Crippen LogP contribution in [-0.2, 0) is 9.53 Å². The van der Waals surface area contributed by atoms with Gasteiger partial charge in [0.15, 0.2) is 0 Å². The number of carbonyl (C=O) groups excluding carboxylic acids is 2. The van der Waals surface area contributed by atoms with E-state index in [1.54, 1.807) is 51.3 Å². The number of anilines is 1. The third-order valence-electron chi connectivity index (χ3n) is 4.49. The standard InChI is InChI=1S/C21H21FN2O4/c1-4-28-20(25)18-13(2)24(16-8-10-17(27-3)11-9-16)21(26)23-19(18)14-6-5-7-15(22)12-14/h5-12,19H,4H2,1-3H3,(H,23,26)/t19-/m1/s1. The van der Waals surface area contributed by atoms with E-state index >= 15 is 0 Å². The van der Waals surface area contributed by atoms with Crippen LogP contribution in [0, 0.1) is 5.82 Å². The molecule has 0 unspecified atom stereocenters. The zero-order valence-corrected chi connectivity index (χ0v) is 15.9. The minimum Gasteiger partial charge on any atom is -0.497 e. The van der Waals surface area contributed by atoms with Gasteiger partial charge in [-0.15, -0.1) is 0 Å². The molecular formula is C21H21FN2O4. The van der Waals surface area contributed by atoms with Gasteiger partial charge >= 0.3 is 12.0 Å². The van der Waals surface area contributed by atoms with Crippen LogP contribution >= 0.6 is 0 Å². The van der Waals surface area contributed by atoms with Crippen molar-refractivity contribution < 1.29 is 23.5 Å². The molecule has 0 aromatic heterocycles. The zero-order valence-electron chi connectivity index (χ0n) is 15.9. The molecule has 0 saturated carbocycles. The molecule has 28 heavy (non-hydrogen) atoms. The Labute approximate surface area is 162 Å². The lowest BCUT2D eigenvalue weighted by atomic mass is 9.94. The maximum Gasteiger partial charge on any atom is 0.338 e. The Morgan fingerprint density at radius 1 is 1.21 bits per heavy atom. The fourth-order valence-corrected chi connectivity index (χ4v) is 3.19.